The monoisotopic (exact) mass is 352 g/mol. The molecule has 4 fully saturated rings. The Bertz CT molecular complexity index is 584. The topological polar surface area (TPSA) is 24.9 Å². The average molecular weight is 353 g/mol. The molecule has 114 valence electrons. The molecule has 0 aliphatic heterocycles. The number of rotatable bonds is 2. The molecule has 2 unspecified atom stereocenters. The standard InChI is InChI=1S/C17H22BrFN2/c1-15-4-11-5-16(2,8-15)10-17(6-11,9-15)21-14-13(19)3-12(18)7-20-14/h3,7,11H,4-6,8-10H2,1-2H3,(H,20,21). The van der Waals surface area contributed by atoms with Crippen LogP contribution in [0.3, 0.4) is 0 Å². The highest BCUT2D eigenvalue weighted by atomic mass is 79.9. The van der Waals surface area contributed by atoms with Crippen LogP contribution in [-0.4, -0.2) is 10.5 Å². The van der Waals surface area contributed by atoms with Crippen LogP contribution in [0.1, 0.15) is 52.4 Å². The van der Waals surface area contributed by atoms with Crippen LogP contribution in [-0.2, 0) is 0 Å². The number of aromatic nitrogens is 1. The van der Waals surface area contributed by atoms with Crippen molar-refractivity contribution in [3.8, 4) is 0 Å². The Hall–Kier alpha value is -0.640. The fourth-order valence-electron chi connectivity index (χ4n) is 6.34. The van der Waals surface area contributed by atoms with E-state index in [1.54, 1.807) is 6.20 Å². The van der Waals surface area contributed by atoms with Crippen LogP contribution in [0, 0.1) is 22.6 Å². The van der Waals surface area contributed by atoms with Crippen LogP contribution >= 0.6 is 15.9 Å². The van der Waals surface area contributed by atoms with Gasteiger partial charge in [-0.25, -0.2) is 9.37 Å². The third-order valence-corrected chi connectivity index (χ3v) is 6.25. The Morgan fingerprint density at radius 1 is 1.19 bits per heavy atom. The molecular weight excluding hydrogens is 331 g/mol. The largest absolute Gasteiger partial charge is 0.362 e. The summed E-state index contributed by atoms with van der Waals surface area (Å²) >= 11 is 3.28. The fourth-order valence-corrected chi connectivity index (χ4v) is 6.65. The molecular formula is C17H22BrFN2. The summed E-state index contributed by atoms with van der Waals surface area (Å²) in [6, 6.07) is 1.50. The van der Waals surface area contributed by atoms with E-state index in [1.165, 1.54) is 31.7 Å². The molecule has 0 saturated heterocycles. The number of nitrogens with zero attached hydrogens (tertiary/aromatic N) is 1. The molecule has 4 bridgehead atoms. The maximum Gasteiger partial charge on any atom is 0.166 e. The van der Waals surface area contributed by atoms with Crippen LogP contribution in [0.15, 0.2) is 16.7 Å². The second-order valence-electron chi connectivity index (χ2n) is 8.52. The van der Waals surface area contributed by atoms with E-state index < -0.39 is 0 Å². The van der Waals surface area contributed by atoms with Crippen molar-refractivity contribution in [1.29, 1.82) is 0 Å². The predicted octanol–water partition coefficient (Wildman–Crippen LogP) is 5.14. The van der Waals surface area contributed by atoms with Crippen molar-refractivity contribution in [2.75, 3.05) is 5.32 Å². The molecule has 4 aliphatic rings. The molecule has 2 nitrogen and oxygen atoms in total. The Morgan fingerprint density at radius 2 is 1.86 bits per heavy atom. The summed E-state index contributed by atoms with van der Waals surface area (Å²) in [5.41, 5.74) is 0.893. The lowest BCUT2D eigenvalue weighted by Gasteiger charge is -2.65. The maximum atomic E-state index is 14.2. The smallest absolute Gasteiger partial charge is 0.166 e. The fraction of sp³-hybridized carbons (Fsp3) is 0.706. The average Bonchev–Trinajstić information content (AvgIpc) is 2.28. The van der Waals surface area contributed by atoms with E-state index in [-0.39, 0.29) is 11.4 Å². The number of hydrogen-bond donors (Lipinski definition) is 1. The maximum absolute atomic E-state index is 14.2. The van der Waals surface area contributed by atoms with Crippen molar-refractivity contribution in [3.63, 3.8) is 0 Å². The van der Waals surface area contributed by atoms with E-state index in [1.807, 2.05) is 0 Å². The van der Waals surface area contributed by atoms with E-state index in [0.717, 1.165) is 18.8 Å². The van der Waals surface area contributed by atoms with E-state index in [9.17, 15) is 4.39 Å². The van der Waals surface area contributed by atoms with Crippen LogP contribution < -0.4 is 5.32 Å². The Morgan fingerprint density at radius 3 is 2.43 bits per heavy atom. The Kier molecular flexibility index (Phi) is 2.81. The molecule has 1 aromatic rings. The molecule has 21 heavy (non-hydrogen) atoms. The summed E-state index contributed by atoms with van der Waals surface area (Å²) in [4.78, 5) is 4.27. The molecule has 4 saturated carbocycles. The van der Waals surface area contributed by atoms with Gasteiger partial charge < -0.3 is 5.32 Å². The van der Waals surface area contributed by atoms with Gasteiger partial charge >= 0.3 is 0 Å². The van der Waals surface area contributed by atoms with Gasteiger partial charge in [-0.2, -0.15) is 0 Å². The Balaban J connectivity index is 1.68. The molecule has 1 aromatic heterocycles. The first kappa shape index (κ1) is 14.0. The minimum absolute atomic E-state index is 0.0462. The third-order valence-electron chi connectivity index (χ3n) is 5.82. The molecule has 4 heteroatoms. The van der Waals surface area contributed by atoms with Crippen LogP contribution in [0.2, 0.25) is 0 Å². The van der Waals surface area contributed by atoms with Gasteiger partial charge in [0.2, 0.25) is 0 Å². The minimum Gasteiger partial charge on any atom is -0.362 e. The summed E-state index contributed by atoms with van der Waals surface area (Å²) in [5, 5.41) is 3.53. The molecule has 0 spiro atoms. The van der Waals surface area contributed by atoms with E-state index >= 15 is 0 Å². The van der Waals surface area contributed by atoms with Gasteiger partial charge in [-0.15, -0.1) is 0 Å². The molecule has 0 amide bonds. The van der Waals surface area contributed by atoms with Crippen LogP contribution in [0.4, 0.5) is 10.2 Å². The zero-order valence-electron chi connectivity index (χ0n) is 12.7. The molecule has 2 atom stereocenters. The molecule has 0 radical (unpaired) electrons. The molecule has 0 aromatic carbocycles. The highest BCUT2D eigenvalue weighted by Crippen LogP contribution is 2.66. The quantitative estimate of drug-likeness (QED) is 0.796. The van der Waals surface area contributed by atoms with E-state index in [2.05, 4.69) is 40.1 Å². The second kappa shape index (κ2) is 4.21. The summed E-state index contributed by atoms with van der Waals surface area (Å²) in [6.07, 6.45) is 9.19. The van der Waals surface area contributed by atoms with Gasteiger partial charge in [0.1, 0.15) is 0 Å². The first-order valence-corrected chi connectivity index (χ1v) is 8.68. The van der Waals surface area contributed by atoms with E-state index in [0.29, 0.717) is 21.1 Å². The van der Waals surface area contributed by atoms with Crippen LogP contribution in [0.5, 0.6) is 0 Å². The number of anilines is 1. The van der Waals surface area contributed by atoms with E-state index in [4.69, 9.17) is 0 Å². The molecule has 1 N–H and O–H groups in total. The normalized spacial score (nSPS) is 44.1. The molecule has 5 rings (SSSR count). The minimum atomic E-state index is -0.254. The summed E-state index contributed by atoms with van der Waals surface area (Å²) in [7, 11) is 0. The first-order chi connectivity index (χ1) is 9.79. The van der Waals surface area contributed by atoms with Gasteiger partial charge in [0, 0.05) is 16.2 Å². The predicted molar refractivity (Wildman–Crippen MR) is 85.7 cm³/mol. The van der Waals surface area contributed by atoms with Crippen molar-refractivity contribution in [2.45, 2.75) is 57.9 Å². The number of halogens is 2. The van der Waals surface area contributed by atoms with Crippen molar-refractivity contribution in [2.24, 2.45) is 16.7 Å². The summed E-state index contributed by atoms with van der Waals surface area (Å²) in [5.74, 6) is 0.963. The number of hydrogen-bond acceptors (Lipinski definition) is 2. The summed E-state index contributed by atoms with van der Waals surface area (Å²) < 4.78 is 14.9. The zero-order valence-corrected chi connectivity index (χ0v) is 14.3. The highest BCUT2D eigenvalue weighted by molar-refractivity contribution is 9.10. The first-order valence-electron chi connectivity index (χ1n) is 7.88. The second-order valence-corrected chi connectivity index (χ2v) is 9.44. The van der Waals surface area contributed by atoms with Crippen molar-refractivity contribution in [1.82, 2.24) is 4.98 Å². The highest BCUT2D eigenvalue weighted by Gasteiger charge is 2.60. The lowest BCUT2D eigenvalue weighted by atomic mass is 9.43. The van der Waals surface area contributed by atoms with Crippen molar-refractivity contribution >= 4 is 21.7 Å². The van der Waals surface area contributed by atoms with Crippen LogP contribution in [0.25, 0.3) is 0 Å². The van der Waals surface area contributed by atoms with Crippen molar-refractivity contribution < 1.29 is 4.39 Å². The van der Waals surface area contributed by atoms with Gasteiger partial charge in [0.25, 0.3) is 0 Å². The van der Waals surface area contributed by atoms with Gasteiger partial charge in [0.15, 0.2) is 11.6 Å². The Labute approximate surface area is 134 Å². The SMILES string of the molecule is CC12CC3CC(C)(C1)CC(Nc1ncc(Br)cc1F)(C3)C2. The van der Waals surface area contributed by atoms with Gasteiger partial charge in [0.05, 0.1) is 0 Å². The number of nitrogens with one attached hydrogen (secondary N) is 1. The van der Waals surface area contributed by atoms with Gasteiger partial charge in [-0.3, -0.25) is 0 Å². The summed E-state index contributed by atoms with van der Waals surface area (Å²) in [6.45, 7) is 4.86. The lowest BCUT2D eigenvalue weighted by molar-refractivity contribution is -0.0974. The molecule has 1 heterocycles. The van der Waals surface area contributed by atoms with Gasteiger partial charge in [-0.05, 0) is 77.3 Å². The number of pyridine rings is 1. The van der Waals surface area contributed by atoms with Crippen molar-refractivity contribution in [3.05, 3.63) is 22.6 Å². The van der Waals surface area contributed by atoms with Gasteiger partial charge in [-0.1, -0.05) is 13.8 Å². The molecule has 4 aliphatic carbocycles. The lowest BCUT2D eigenvalue weighted by Crippen LogP contribution is -2.61. The zero-order chi connectivity index (χ0) is 14.9. The third kappa shape index (κ3) is 2.30.